The fourth-order valence-electron chi connectivity index (χ4n) is 2.07. The van der Waals surface area contributed by atoms with E-state index in [1.54, 1.807) is 0 Å². The van der Waals surface area contributed by atoms with Crippen LogP contribution in [-0.2, 0) is 6.54 Å². The predicted octanol–water partition coefficient (Wildman–Crippen LogP) is 1.38. The maximum Gasteiger partial charge on any atom is 0.186 e. The number of pyridine rings is 1. The summed E-state index contributed by atoms with van der Waals surface area (Å²) >= 11 is 0. The normalized spacial score (nSPS) is 14.2. The first-order chi connectivity index (χ1) is 8.16. The second-order valence-electron chi connectivity index (χ2n) is 4.37. The topological polar surface area (TPSA) is 80.5 Å². The maximum absolute atomic E-state index is 5.37. The van der Waals surface area contributed by atoms with E-state index < -0.39 is 0 Å². The van der Waals surface area contributed by atoms with E-state index in [1.165, 1.54) is 12.8 Å². The van der Waals surface area contributed by atoms with Crippen LogP contribution in [0.15, 0.2) is 17.1 Å². The molecular formula is C12H20IN5. The van der Waals surface area contributed by atoms with Gasteiger partial charge in [0.2, 0.25) is 0 Å². The molecule has 2 heterocycles. The van der Waals surface area contributed by atoms with E-state index >= 15 is 0 Å². The highest BCUT2D eigenvalue weighted by atomic mass is 127. The van der Waals surface area contributed by atoms with E-state index in [2.05, 4.69) is 20.9 Å². The summed E-state index contributed by atoms with van der Waals surface area (Å²) in [6.45, 7) is 4.65. The van der Waals surface area contributed by atoms with Gasteiger partial charge in [0, 0.05) is 24.3 Å². The van der Waals surface area contributed by atoms with Crippen molar-refractivity contribution in [3.8, 4) is 0 Å². The van der Waals surface area contributed by atoms with Crippen molar-refractivity contribution in [2.75, 3.05) is 18.0 Å². The fraction of sp³-hybridized carbons (Fsp3) is 0.500. The van der Waals surface area contributed by atoms with Crippen molar-refractivity contribution in [3.63, 3.8) is 0 Å². The Kier molecular flexibility index (Phi) is 5.64. The molecule has 0 bridgehead atoms. The molecule has 2 rings (SSSR count). The SMILES string of the molecule is Cc1ccc(CN=C(N)N)c(N2CCCC2)n1.I. The molecule has 0 spiro atoms. The number of aryl methyl sites for hydroxylation is 1. The number of nitrogens with zero attached hydrogens (tertiary/aromatic N) is 3. The van der Waals surface area contributed by atoms with Gasteiger partial charge in [-0.1, -0.05) is 6.07 Å². The van der Waals surface area contributed by atoms with Crippen molar-refractivity contribution < 1.29 is 0 Å². The Morgan fingerprint density at radius 2 is 2.00 bits per heavy atom. The Morgan fingerprint density at radius 1 is 1.33 bits per heavy atom. The summed E-state index contributed by atoms with van der Waals surface area (Å²) in [7, 11) is 0. The van der Waals surface area contributed by atoms with Crippen LogP contribution < -0.4 is 16.4 Å². The van der Waals surface area contributed by atoms with Gasteiger partial charge in [-0.25, -0.2) is 9.98 Å². The maximum atomic E-state index is 5.37. The quantitative estimate of drug-likeness (QED) is 0.484. The zero-order valence-corrected chi connectivity index (χ0v) is 12.9. The second kappa shape index (κ2) is 6.77. The first-order valence-electron chi connectivity index (χ1n) is 5.93. The van der Waals surface area contributed by atoms with E-state index in [0.29, 0.717) is 6.54 Å². The summed E-state index contributed by atoms with van der Waals surface area (Å²) in [6, 6.07) is 4.06. The summed E-state index contributed by atoms with van der Waals surface area (Å²) < 4.78 is 0. The van der Waals surface area contributed by atoms with Crippen molar-refractivity contribution in [2.24, 2.45) is 16.5 Å². The average molecular weight is 361 g/mol. The second-order valence-corrected chi connectivity index (χ2v) is 4.37. The van der Waals surface area contributed by atoms with Gasteiger partial charge >= 0.3 is 0 Å². The number of nitrogens with two attached hydrogens (primary N) is 2. The van der Waals surface area contributed by atoms with Crippen LogP contribution in [0.4, 0.5) is 5.82 Å². The first-order valence-corrected chi connectivity index (χ1v) is 5.93. The smallest absolute Gasteiger partial charge is 0.186 e. The van der Waals surface area contributed by atoms with Gasteiger partial charge < -0.3 is 16.4 Å². The van der Waals surface area contributed by atoms with E-state index in [9.17, 15) is 0 Å². The molecule has 0 atom stereocenters. The number of halogens is 1. The van der Waals surface area contributed by atoms with Crippen LogP contribution in [0.2, 0.25) is 0 Å². The van der Waals surface area contributed by atoms with Gasteiger partial charge in [0.05, 0.1) is 6.54 Å². The Labute approximate surface area is 125 Å². The summed E-state index contributed by atoms with van der Waals surface area (Å²) in [4.78, 5) is 11.0. The molecule has 4 N–H and O–H groups in total. The molecule has 6 heteroatoms. The van der Waals surface area contributed by atoms with Crippen LogP contribution in [0.1, 0.15) is 24.1 Å². The van der Waals surface area contributed by atoms with Crippen LogP contribution in [0, 0.1) is 6.92 Å². The minimum Gasteiger partial charge on any atom is -0.370 e. The summed E-state index contributed by atoms with van der Waals surface area (Å²) in [5.41, 5.74) is 12.9. The van der Waals surface area contributed by atoms with E-state index in [-0.39, 0.29) is 29.9 Å². The molecule has 100 valence electrons. The lowest BCUT2D eigenvalue weighted by molar-refractivity contribution is 0.898. The largest absolute Gasteiger partial charge is 0.370 e. The van der Waals surface area contributed by atoms with Crippen LogP contribution in [0.5, 0.6) is 0 Å². The first kappa shape index (κ1) is 15.0. The summed E-state index contributed by atoms with van der Waals surface area (Å²) in [6.07, 6.45) is 2.47. The Hall–Kier alpha value is -1.05. The zero-order valence-electron chi connectivity index (χ0n) is 10.6. The molecule has 0 unspecified atom stereocenters. The summed E-state index contributed by atoms with van der Waals surface area (Å²) in [5.74, 6) is 1.16. The van der Waals surface area contributed by atoms with Crippen LogP contribution in [-0.4, -0.2) is 24.0 Å². The molecule has 1 fully saturated rings. The van der Waals surface area contributed by atoms with E-state index in [0.717, 1.165) is 30.2 Å². The Bertz CT molecular complexity index is 422. The number of guanidine groups is 1. The minimum atomic E-state index is 0. The summed E-state index contributed by atoms with van der Waals surface area (Å²) in [5, 5.41) is 0. The minimum absolute atomic E-state index is 0. The van der Waals surface area contributed by atoms with Crippen molar-refractivity contribution in [2.45, 2.75) is 26.3 Å². The third-order valence-electron chi connectivity index (χ3n) is 2.93. The molecule has 18 heavy (non-hydrogen) atoms. The molecule has 0 aliphatic carbocycles. The van der Waals surface area contributed by atoms with Gasteiger partial charge in [-0.15, -0.1) is 24.0 Å². The molecule has 0 saturated carbocycles. The lowest BCUT2D eigenvalue weighted by atomic mass is 10.2. The van der Waals surface area contributed by atoms with Gasteiger partial charge in [0.25, 0.3) is 0 Å². The number of hydrogen-bond donors (Lipinski definition) is 2. The van der Waals surface area contributed by atoms with Crippen LogP contribution in [0.3, 0.4) is 0 Å². The van der Waals surface area contributed by atoms with Gasteiger partial charge in [0.1, 0.15) is 5.82 Å². The van der Waals surface area contributed by atoms with E-state index in [1.807, 2.05) is 13.0 Å². The Balaban J connectivity index is 0.00000162. The average Bonchev–Trinajstić information content (AvgIpc) is 2.80. The number of rotatable bonds is 3. The van der Waals surface area contributed by atoms with Crippen molar-refractivity contribution in [3.05, 3.63) is 23.4 Å². The number of hydrogen-bond acceptors (Lipinski definition) is 3. The number of aliphatic imine (C=N–C) groups is 1. The molecule has 0 amide bonds. The molecule has 5 nitrogen and oxygen atoms in total. The van der Waals surface area contributed by atoms with Gasteiger partial charge in [0.15, 0.2) is 5.96 Å². The van der Waals surface area contributed by atoms with Crippen LogP contribution in [0.25, 0.3) is 0 Å². The molecule has 1 aliphatic rings. The molecule has 1 aromatic rings. The molecule has 1 aliphatic heterocycles. The molecule has 0 radical (unpaired) electrons. The fourth-order valence-corrected chi connectivity index (χ4v) is 2.07. The highest BCUT2D eigenvalue weighted by molar-refractivity contribution is 14.0. The molecular weight excluding hydrogens is 341 g/mol. The van der Waals surface area contributed by atoms with E-state index in [4.69, 9.17) is 11.5 Å². The van der Waals surface area contributed by atoms with Gasteiger partial charge in [-0.05, 0) is 25.8 Å². The lowest BCUT2D eigenvalue weighted by Crippen LogP contribution is -2.24. The molecule has 1 saturated heterocycles. The highest BCUT2D eigenvalue weighted by Gasteiger charge is 2.16. The standard InChI is InChI=1S/C12H19N5.HI/c1-9-4-5-10(8-15-12(13)14)11(16-9)17-6-2-3-7-17;/h4-5H,2-3,6-8H2,1H3,(H4,13,14,15);1H. The van der Waals surface area contributed by atoms with Crippen molar-refractivity contribution in [1.82, 2.24) is 4.98 Å². The molecule has 0 aromatic carbocycles. The van der Waals surface area contributed by atoms with Gasteiger partial charge in [-0.2, -0.15) is 0 Å². The molecule has 1 aromatic heterocycles. The number of anilines is 1. The monoisotopic (exact) mass is 361 g/mol. The highest BCUT2D eigenvalue weighted by Crippen LogP contribution is 2.23. The third-order valence-corrected chi connectivity index (χ3v) is 2.93. The van der Waals surface area contributed by atoms with Crippen molar-refractivity contribution in [1.29, 1.82) is 0 Å². The van der Waals surface area contributed by atoms with Crippen LogP contribution >= 0.6 is 24.0 Å². The van der Waals surface area contributed by atoms with Gasteiger partial charge in [-0.3, -0.25) is 0 Å². The Morgan fingerprint density at radius 3 is 2.61 bits per heavy atom. The predicted molar refractivity (Wildman–Crippen MR) is 85.3 cm³/mol. The zero-order chi connectivity index (χ0) is 12.3. The number of aromatic nitrogens is 1. The lowest BCUT2D eigenvalue weighted by Gasteiger charge is -2.19. The third kappa shape index (κ3) is 3.72. The van der Waals surface area contributed by atoms with Crippen molar-refractivity contribution >= 4 is 35.8 Å².